The predicted molar refractivity (Wildman–Crippen MR) is 129 cm³/mol. The van der Waals surface area contributed by atoms with Crippen molar-refractivity contribution in [2.75, 3.05) is 30.3 Å². The van der Waals surface area contributed by atoms with Crippen LogP contribution in [-0.2, 0) is 6.61 Å². The van der Waals surface area contributed by atoms with Crippen LogP contribution in [0.5, 0.6) is 0 Å². The van der Waals surface area contributed by atoms with Gasteiger partial charge in [0, 0.05) is 30.9 Å². The molecule has 0 amide bonds. The van der Waals surface area contributed by atoms with Gasteiger partial charge in [-0.15, -0.1) is 0 Å². The number of aliphatic hydroxyl groups excluding tert-OH is 1. The van der Waals surface area contributed by atoms with E-state index in [1.807, 2.05) is 0 Å². The van der Waals surface area contributed by atoms with Crippen LogP contribution in [0.1, 0.15) is 29.3 Å². The number of nitrogens with zero attached hydrogens (tertiary/aromatic N) is 2. The van der Waals surface area contributed by atoms with Crippen molar-refractivity contribution in [2.45, 2.75) is 26.0 Å². The zero-order valence-corrected chi connectivity index (χ0v) is 19.8. The Morgan fingerprint density at radius 2 is 1.97 bits per heavy atom. The second-order valence-corrected chi connectivity index (χ2v) is 8.97. The molecule has 2 heterocycles. The minimum absolute atomic E-state index is 0.110. The van der Waals surface area contributed by atoms with Crippen molar-refractivity contribution < 1.29 is 23.8 Å². The summed E-state index contributed by atoms with van der Waals surface area (Å²) >= 11 is 3.43. The first-order valence-corrected chi connectivity index (χ1v) is 11.4. The number of carboxylic acids is 1. The Morgan fingerprint density at radius 1 is 1.26 bits per heavy atom. The van der Waals surface area contributed by atoms with E-state index in [0.717, 1.165) is 31.3 Å². The summed E-state index contributed by atoms with van der Waals surface area (Å²) < 4.78 is 30.9. The molecule has 1 aromatic heterocycles. The van der Waals surface area contributed by atoms with Crippen molar-refractivity contribution in [1.29, 1.82) is 0 Å². The summed E-state index contributed by atoms with van der Waals surface area (Å²) in [5.74, 6) is -2.94. The predicted octanol–water partition coefficient (Wildman–Crippen LogP) is 2.99. The average Bonchev–Trinajstić information content (AvgIpc) is 2.76. The van der Waals surface area contributed by atoms with Gasteiger partial charge in [0.1, 0.15) is 17.2 Å². The number of hydrogen-bond acceptors (Lipinski definition) is 6. The molecule has 8 nitrogen and oxygen atoms in total. The van der Waals surface area contributed by atoms with Crippen LogP contribution in [-0.4, -0.2) is 46.4 Å². The molecule has 1 fully saturated rings. The third kappa shape index (κ3) is 4.04. The van der Waals surface area contributed by atoms with Gasteiger partial charge in [0.2, 0.25) is 5.43 Å². The lowest BCUT2D eigenvalue weighted by molar-refractivity contribution is 0.0695. The second-order valence-electron chi connectivity index (χ2n) is 8.18. The number of aromatic nitrogens is 1. The number of halogens is 3. The third-order valence-electron chi connectivity index (χ3n) is 5.90. The number of hydrogen-bond donors (Lipinski definition) is 4. The standard InChI is InChI=1S/C23H23BrF2N4O4/c1-2-3-28-12-7-29(8-12)21-16(26)5-13-20(19(21)24)30(9-14(22(13)32)23(33)34)18-6-17(27)15(25)4-11(18)10-31/h4-6,9,12,28,31H,2-3,7-8,10,27H2,1H3,(H,33,34). The molecule has 4 rings (SSSR count). The lowest BCUT2D eigenvalue weighted by Gasteiger charge is -2.42. The number of nitrogens with two attached hydrogens (primary N) is 1. The van der Waals surface area contributed by atoms with Crippen LogP contribution in [0.15, 0.2) is 33.7 Å². The molecular weight excluding hydrogens is 514 g/mol. The fraction of sp³-hybridized carbons (Fsp3) is 0.304. The SMILES string of the molecule is CCCNC1CN(c2c(F)cc3c(=O)c(C(=O)O)cn(-c4cc(N)c(F)cc4CO)c3c2Br)C1. The molecule has 0 unspecified atom stereocenters. The Bertz CT molecular complexity index is 1360. The number of rotatable bonds is 7. The van der Waals surface area contributed by atoms with E-state index in [0.29, 0.717) is 13.1 Å². The molecule has 0 spiro atoms. The number of anilines is 2. The third-order valence-corrected chi connectivity index (χ3v) is 6.65. The molecule has 34 heavy (non-hydrogen) atoms. The van der Waals surface area contributed by atoms with E-state index < -0.39 is 35.2 Å². The summed E-state index contributed by atoms with van der Waals surface area (Å²) in [4.78, 5) is 26.5. The highest BCUT2D eigenvalue weighted by Crippen LogP contribution is 2.39. The van der Waals surface area contributed by atoms with Crippen molar-refractivity contribution >= 4 is 44.2 Å². The van der Waals surface area contributed by atoms with Crippen LogP contribution in [0, 0.1) is 11.6 Å². The molecule has 0 bridgehead atoms. The van der Waals surface area contributed by atoms with E-state index in [1.165, 1.54) is 10.6 Å². The number of nitrogens with one attached hydrogen (secondary N) is 1. The summed E-state index contributed by atoms with van der Waals surface area (Å²) in [7, 11) is 0. The first-order chi connectivity index (χ1) is 16.2. The van der Waals surface area contributed by atoms with Crippen molar-refractivity contribution in [2.24, 2.45) is 0 Å². The van der Waals surface area contributed by atoms with E-state index in [-0.39, 0.29) is 44.0 Å². The number of carbonyl (C=O) groups is 1. The number of fused-ring (bicyclic) bond motifs is 1. The summed E-state index contributed by atoms with van der Waals surface area (Å²) in [5, 5.41) is 22.6. The number of aromatic carboxylic acids is 1. The topological polar surface area (TPSA) is 121 Å². The summed E-state index contributed by atoms with van der Waals surface area (Å²) in [6.07, 6.45) is 2.05. The maximum atomic E-state index is 15.2. The number of benzene rings is 2. The highest BCUT2D eigenvalue weighted by molar-refractivity contribution is 9.10. The fourth-order valence-corrected chi connectivity index (χ4v) is 4.99. The zero-order chi connectivity index (χ0) is 24.7. The molecule has 1 aliphatic heterocycles. The maximum absolute atomic E-state index is 15.2. The largest absolute Gasteiger partial charge is 0.477 e. The quantitative estimate of drug-likeness (QED) is 0.342. The molecule has 0 radical (unpaired) electrons. The monoisotopic (exact) mass is 536 g/mol. The molecule has 1 aliphatic rings. The molecule has 0 saturated carbocycles. The van der Waals surface area contributed by atoms with Gasteiger partial charge in [-0.05, 0) is 47.1 Å². The minimum atomic E-state index is -1.51. The molecule has 11 heteroatoms. The van der Waals surface area contributed by atoms with Crippen molar-refractivity contribution in [3.63, 3.8) is 0 Å². The molecule has 0 aliphatic carbocycles. The molecule has 5 N–H and O–H groups in total. The Labute approximate surface area is 201 Å². The van der Waals surface area contributed by atoms with Gasteiger partial charge in [0.05, 0.1) is 39.0 Å². The summed E-state index contributed by atoms with van der Waals surface area (Å²) in [6.45, 7) is 3.41. The van der Waals surface area contributed by atoms with Crippen molar-refractivity contribution in [1.82, 2.24) is 9.88 Å². The molecule has 2 aromatic carbocycles. The van der Waals surface area contributed by atoms with E-state index in [1.54, 1.807) is 4.90 Å². The van der Waals surface area contributed by atoms with Gasteiger partial charge < -0.3 is 30.7 Å². The Morgan fingerprint density at radius 3 is 2.59 bits per heavy atom. The second kappa shape index (κ2) is 9.32. The van der Waals surface area contributed by atoms with Crippen molar-refractivity contribution in [3.8, 4) is 5.69 Å². The first-order valence-electron chi connectivity index (χ1n) is 10.7. The number of aliphatic hydroxyl groups is 1. The van der Waals surface area contributed by atoms with Crippen LogP contribution in [0.25, 0.3) is 16.6 Å². The zero-order valence-electron chi connectivity index (χ0n) is 18.2. The van der Waals surface area contributed by atoms with Gasteiger partial charge in [-0.25, -0.2) is 13.6 Å². The van der Waals surface area contributed by atoms with Crippen LogP contribution >= 0.6 is 15.9 Å². The Balaban J connectivity index is 1.99. The van der Waals surface area contributed by atoms with Crippen LogP contribution < -0.4 is 21.4 Å². The summed E-state index contributed by atoms with van der Waals surface area (Å²) in [5.41, 5.74) is 4.71. The first kappa shape index (κ1) is 24.1. The van der Waals surface area contributed by atoms with Gasteiger partial charge in [-0.3, -0.25) is 4.79 Å². The van der Waals surface area contributed by atoms with E-state index in [4.69, 9.17) is 5.73 Å². The van der Waals surface area contributed by atoms with Crippen LogP contribution in [0.4, 0.5) is 20.2 Å². The Kier molecular flexibility index (Phi) is 6.61. The highest BCUT2D eigenvalue weighted by Gasteiger charge is 2.32. The summed E-state index contributed by atoms with van der Waals surface area (Å²) in [6, 6.07) is 3.47. The van der Waals surface area contributed by atoms with Crippen LogP contribution in [0.2, 0.25) is 0 Å². The van der Waals surface area contributed by atoms with Gasteiger partial charge >= 0.3 is 5.97 Å². The van der Waals surface area contributed by atoms with Gasteiger partial charge in [-0.1, -0.05) is 6.92 Å². The smallest absolute Gasteiger partial charge is 0.341 e. The van der Waals surface area contributed by atoms with Crippen molar-refractivity contribution in [3.05, 3.63) is 61.9 Å². The average molecular weight is 537 g/mol. The number of carboxylic acid groups (broad SMARTS) is 1. The maximum Gasteiger partial charge on any atom is 0.341 e. The van der Waals surface area contributed by atoms with Gasteiger partial charge in [0.15, 0.2) is 0 Å². The molecule has 1 saturated heterocycles. The van der Waals surface area contributed by atoms with E-state index >= 15 is 4.39 Å². The molecular formula is C23H23BrF2N4O4. The molecule has 3 aromatic rings. The Hall–Kier alpha value is -3.02. The number of pyridine rings is 1. The van der Waals surface area contributed by atoms with Crippen LogP contribution in [0.3, 0.4) is 0 Å². The molecule has 180 valence electrons. The lowest BCUT2D eigenvalue weighted by atomic mass is 10.0. The fourth-order valence-electron chi connectivity index (χ4n) is 4.15. The van der Waals surface area contributed by atoms with E-state index in [2.05, 4.69) is 28.2 Å². The van der Waals surface area contributed by atoms with Gasteiger partial charge in [0.25, 0.3) is 0 Å². The number of nitrogen functional groups attached to an aromatic ring is 1. The molecule has 0 atom stereocenters. The van der Waals surface area contributed by atoms with E-state index in [9.17, 15) is 24.2 Å². The lowest BCUT2D eigenvalue weighted by Crippen LogP contribution is -2.58. The minimum Gasteiger partial charge on any atom is -0.477 e. The normalized spacial score (nSPS) is 14.0. The van der Waals surface area contributed by atoms with Gasteiger partial charge in [-0.2, -0.15) is 0 Å². The highest BCUT2D eigenvalue weighted by atomic mass is 79.9.